The highest BCUT2D eigenvalue weighted by Gasteiger charge is 2.33. The summed E-state index contributed by atoms with van der Waals surface area (Å²) in [6, 6.07) is 0. The molecule has 0 bridgehead atoms. The van der Waals surface area contributed by atoms with Gasteiger partial charge in [0.05, 0.1) is 0 Å². The van der Waals surface area contributed by atoms with E-state index in [-0.39, 0.29) is 12.2 Å². The first kappa shape index (κ1) is 7.38. The molecule has 3 nitrogen and oxygen atoms in total. The van der Waals surface area contributed by atoms with Gasteiger partial charge >= 0.3 is 6.16 Å². The maximum absolute atomic E-state index is 10.5. The third kappa shape index (κ3) is 1.23. The van der Waals surface area contributed by atoms with E-state index in [2.05, 4.69) is 0 Å². The van der Waals surface area contributed by atoms with Crippen LogP contribution < -0.4 is 0 Å². The monoisotopic (exact) mass is 144 g/mol. The van der Waals surface area contributed by atoms with E-state index in [1.54, 1.807) is 0 Å². The number of carbonyl (C=O) groups is 1. The first-order chi connectivity index (χ1) is 4.77. The molecule has 0 amide bonds. The molecule has 0 unspecified atom stereocenters. The van der Waals surface area contributed by atoms with Crippen LogP contribution >= 0.6 is 0 Å². The molecular weight excluding hydrogens is 132 g/mol. The molecule has 0 aromatic rings. The smallest absolute Gasteiger partial charge is 0.427 e. The van der Waals surface area contributed by atoms with Crippen molar-refractivity contribution in [2.24, 2.45) is 0 Å². The molecule has 10 heavy (non-hydrogen) atoms. The molecule has 0 spiro atoms. The fraction of sp³-hybridized carbons (Fsp3) is 0.857. The largest absolute Gasteiger partial charge is 0.509 e. The minimum atomic E-state index is -0.515. The van der Waals surface area contributed by atoms with Gasteiger partial charge in [0.1, 0.15) is 12.2 Å². The van der Waals surface area contributed by atoms with Crippen molar-refractivity contribution in [3.05, 3.63) is 0 Å². The maximum atomic E-state index is 10.5. The van der Waals surface area contributed by atoms with Crippen molar-refractivity contribution in [3.63, 3.8) is 0 Å². The Morgan fingerprint density at radius 2 is 1.60 bits per heavy atom. The van der Waals surface area contributed by atoms with Gasteiger partial charge in [0.25, 0.3) is 0 Å². The van der Waals surface area contributed by atoms with Crippen molar-refractivity contribution < 1.29 is 14.3 Å². The number of hydrogen-bond acceptors (Lipinski definition) is 3. The minimum Gasteiger partial charge on any atom is -0.427 e. The highest BCUT2D eigenvalue weighted by molar-refractivity contribution is 5.62. The van der Waals surface area contributed by atoms with Crippen LogP contribution in [-0.2, 0) is 9.47 Å². The average Bonchev–Trinajstić information content (AvgIpc) is 2.30. The Morgan fingerprint density at radius 3 is 1.90 bits per heavy atom. The van der Waals surface area contributed by atoms with Crippen LogP contribution in [-0.4, -0.2) is 18.4 Å². The van der Waals surface area contributed by atoms with Crippen LogP contribution in [0.15, 0.2) is 0 Å². The number of ether oxygens (including phenoxy) is 2. The summed E-state index contributed by atoms with van der Waals surface area (Å²) in [7, 11) is 0. The molecule has 2 atom stereocenters. The molecule has 0 aliphatic carbocycles. The van der Waals surface area contributed by atoms with E-state index in [9.17, 15) is 4.79 Å². The highest BCUT2D eigenvalue weighted by atomic mass is 16.8. The zero-order valence-corrected chi connectivity index (χ0v) is 6.29. The Labute approximate surface area is 60.3 Å². The highest BCUT2D eigenvalue weighted by Crippen LogP contribution is 2.19. The van der Waals surface area contributed by atoms with Crippen LogP contribution in [0.3, 0.4) is 0 Å². The van der Waals surface area contributed by atoms with Gasteiger partial charge in [-0.2, -0.15) is 0 Å². The third-order valence-electron chi connectivity index (χ3n) is 1.71. The fourth-order valence-corrected chi connectivity index (χ4v) is 1.12. The Hall–Kier alpha value is -0.730. The van der Waals surface area contributed by atoms with Crippen LogP contribution in [0.2, 0.25) is 0 Å². The van der Waals surface area contributed by atoms with Crippen molar-refractivity contribution in [2.45, 2.75) is 38.9 Å². The molecule has 1 aliphatic rings. The standard InChI is InChI=1S/C7H12O3/c1-3-5-6(4-2)10-7(8)9-5/h5-6H,3-4H2,1-2H3/t5-,6+. The molecular formula is C7H12O3. The van der Waals surface area contributed by atoms with Crippen molar-refractivity contribution >= 4 is 6.16 Å². The second kappa shape index (κ2) is 2.90. The first-order valence-corrected chi connectivity index (χ1v) is 3.65. The lowest BCUT2D eigenvalue weighted by atomic mass is 10.1. The predicted molar refractivity (Wildman–Crippen MR) is 35.7 cm³/mol. The van der Waals surface area contributed by atoms with E-state index in [1.165, 1.54) is 0 Å². The van der Waals surface area contributed by atoms with Gasteiger partial charge in [-0.25, -0.2) is 4.79 Å². The minimum absolute atomic E-state index is 0.0162. The lowest BCUT2D eigenvalue weighted by molar-refractivity contribution is 0.115. The molecule has 1 fully saturated rings. The molecule has 0 aromatic heterocycles. The Bertz CT molecular complexity index is 119. The average molecular weight is 144 g/mol. The van der Waals surface area contributed by atoms with E-state index in [0.717, 1.165) is 12.8 Å². The lowest BCUT2D eigenvalue weighted by Crippen LogP contribution is -2.20. The van der Waals surface area contributed by atoms with Gasteiger partial charge in [0, 0.05) is 0 Å². The van der Waals surface area contributed by atoms with Crippen molar-refractivity contribution in [3.8, 4) is 0 Å². The van der Waals surface area contributed by atoms with Gasteiger partial charge in [-0.3, -0.25) is 0 Å². The molecule has 0 radical (unpaired) electrons. The summed E-state index contributed by atoms with van der Waals surface area (Å²) >= 11 is 0. The summed E-state index contributed by atoms with van der Waals surface area (Å²) in [5, 5.41) is 0. The van der Waals surface area contributed by atoms with Gasteiger partial charge in [0.15, 0.2) is 0 Å². The third-order valence-corrected chi connectivity index (χ3v) is 1.71. The van der Waals surface area contributed by atoms with Gasteiger partial charge in [-0.15, -0.1) is 0 Å². The normalized spacial score (nSPS) is 31.6. The van der Waals surface area contributed by atoms with E-state index >= 15 is 0 Å². The van der Waals surface area contributed by atoms with E-state index < -0.39 is 6.16 Å². The SMILES string of the molecule is CC[C@@H]1OC(=O)O[C@@H]1CC. The van der Waals surface area contributed by atoms with Crippen LogP contribution in [0.4, 0.5) is 4.79 Å². The van der Waals surface area contributed by atoms with Crippen LogP contribution in [0, 0.1) is 0 Å². The number of rotatable bonds is 2. The molecule has 3 heteroatoms. The molecule has 1 aliphatic heterocycles. The second-order valence-electron chi connectivity index (χ2n) is 2.38. The maximum Gasteiger partial charge on any atom is 0.509 e. The molecule has 1 saturated heterocycles. The predicted octanol–water partition coefficient (Wildman–Crippen LogP) is 1.71. The quantitative estimate of drug-likeness (QED) is 0.553. The lowest BCUT2D eigenvalue weighted by Gasteiger charge is -2.09. The van der Waals surface area contributed by atoms with Crippen molar-refractivity contribution in [1.29, 1.82) is 0 Å². The van der Waals surface area contributed by atoms with E-state index in [4.69, 9.17) is 9.47 Å². The van der Waals surface area contributed by atoms with Gasteiger partial charge < -0.3 is 9.47 Å². The molecule has 0 N–H and O–H groups in total. The number of cyclic esters (lactones) is 2. The van der Waals surface area contributed by atoms with E-state index in [0.29, 0.717) is 0 Å². The van der Waals surface area contributed by atoms with Gasteiger partial charge in [0.2, 0.25) is 0 Å². The fourth-order valence-electron chi connectivity index (χ4n) is 1.12. The Morgan fingerprint density at radius 1 is 1.20 bits per heavy atom. The summed E-state index contributed by atoms with van der Waals surface area (Å²) in [4.78, 5) is 10.5. The first-order valence-electron chi connectivity index (χ1n) is 3.65. The summed E-state index contributed by atoms with van der Waals surface area (Å²) in [6.07, 6.45) is 1.13. The summed E-state index contributed by atoms with van der Waals surface area (Å²) in [5.41, 5.74) is 0. The Kier molecular flexibility index (Phi) is 2.14. The van der Waals surface area contributed by atoms with Crippen LogP contribution in [0.25, 0.3) is 0 Å². The molecule has 1 rings (SSSR count). The summed E-state index contributed by atoms with van der Waals surface area (Å²) in [6.45, 7) is 3.96. The second-order valence-corrected chi connectivity index (χ2v) is 2.38. The van der Waals surface area contributed by atoms with Gasteiger partial charge in [-0.1, -0.05) is 13.8 Å². The number of hydrogen-bond donors (Lipinski definition) is 0. The molecule has 0 saturated carbocycles. The summed E-state index contributed by atoms with van der Waals surface area (Å²) in [5.74, 6) is 0. The molecule has 1 heterocycles. The van der Waals surface area contributed by atoms with Crippen LogP contribution in [0.5, 0.6) is 0 Å². The Balaban J connectivity index is 2.48. The van der Waals surface area contributed by atoms with E-state index in [1.807, 2.05) is 13.8 Å². The molecule has 0 aromatic carbocycles. The zero-order chi connectivity index (χ0) is 7.56. The summed E-state index contributed by atoms with van der Waals surface area (Å²) < 4.78 is 9.71. The number of carbonyl (C=O) groups excluding carboxylic acids is 1. The molecule has 58 valence electrons. The van der Waals surface area contributed by atoms with Crippen LogP contribution in [0.1, 0.15) is 26.7 Å². The van der Waals surface area contributed by atoms with Gasteiger partial charge in [-0.05, 0) is 12.8 Å². The van der Waals surface area contributed by atoms with Crippen molar-refractivity contribution in [2.75, 3.05) is 0 Å². The zero-order valence-electron chi connectivity index (χ0n) is 6.29. The van der Waals surface area contributed by atoms with Crippen molar-refractivity contribution in [1.82, 2.24) is 0 Å². The topological polar surface area (TPSA) is 35.5 Å².